The average molecular weight is 498 g/mol. The van der Waals surface area contributed by atoms with Crippen LogP contribution in [0.4, 0.5) is 5.69 Å². The van der Waals surface area contributed by atoms with Gasteiger partial charge in [0.15, 0.2) is 6.61 Å². The van der Waals surface area contributed by atoms with E-state index in [9.17, 15) is 28.1 Å². The van der Waals surface area contributed by atoms with Gasteiger partial charge >= 0.3 is 23.4 Å². The Bertz CT molecular complexity index is 1210. The van der Waals surface area contributed by atoms with Crippen molar-refractivity contribution in [2.24, 2.45) is 0 Å². The topological polar surface area (TPSA) is 177 Å². The van der Waals surface area contributed by atoms with E-state index in [1.54, 1.807) is 6.92 Å². The zero-order chi connectivity index (χ0) is 25.6. The van der Waals surface area contributed by atoms with Crippen LogP contribution in [0.3, 0.4) is 0 Å². The smallest absolute Gasteiger partial charge is 0.392 e. The standard InChI is InChI=1S/C19H22N4O10S/c1-6-31-14(24)10-32-16-15(23(26)27)17(21-19(20-16)34(5,28)29)33-13-8-11(18(25)22(2)3)7-12(9-13)30-4/h7-9H,6,10H2,1-5H3. The van der Waals surface area contributed by atoms with Gasteiger partial charge in [0.2, 0.25) is 9.84 Å². The molecule has 0 unspecified atom stereocenters. The predicted molar refractivity (Wildman–Crippen MR) is 115 cm³/mol. The maximum absolute atomic E-state index is 12.4. The van der Waals surface area contributed by atoms with Gasteiger partial charge in [0.05, 0.1) is 18.6 Å². The highest BCUT2D eigenvalue weighted by Gasteiger charge is 2.32. The number of carbonyl (C=O) groups excluding carboxylic acids is 2. The van der Waals surface area contributed by atoms with E-state index in [-0.39, 0.29) is 23.7 Å². The minimum Gasteiger partial charge on any atom is -0.497 e. The van der Waals surface area contributed by atoms with E-state index in [4.69, 9.17) is 18.9 Å². The Morgan fingerprint density at radius 2 is 1.74 bits per heavy atom. The van der Waals surface area contributed by atoms with Gasteiger partial charge in [0, 0.05) is 32.0 Å². The second kappa shape index (κ2) is 10.7. The zero-order valence-electron chi connectivity index (χ0n) is 18.9. The molecule has 1 amide bonds. The predicted octanol–water partition coefficient (Wildman–Crippen LogP) is 1.23. The van der Waals surface area contributed by atoms with Crippen LogP contribution < -0.4 is 14.2 Å². The minimum absolute atomic E-state index is 0.0286. The van der Waals surface area contributed by atoms with Gasteiger partial charge in [0.25, 0.3) is 11.1 Å². The van der Waals surface area contributed by atoms with Crippen molar-refractivity contribution in [3.8, 4) is 23.3 Å². The Morgan fingerprint density at radius 1 is 1.12 bits per heavy atom. The highest BCUT2D eigenvalue weighted by molar-refractivity contribution is 7.90. The van der Waals surface area contributed by atoms with Gasteiger partial charge in [-0.2, -0.15) is 9.97 Å². The molecule has 2 aromatic rings. The molecule has 0 fully saturated rings. The van der Waals surface area contributed by atoms with Gasteiger partial charge < -0.3 is 23.8 Å². The highest BCUT2D eigenvalue weighted by Crippen LogP contribution is 2.38. The van der Waals surface area contributed by atoms with Crippen LogP contribution in [0.1, 0.15) is 17.3 Å². The van der Waals surface area contributed by atoms with Crippen LogP contribution in [0.25, 0.3) is 0 Å². The number of esters is 1. The summed E-state index contributed by atoms with van der Waals surface area (Å²) in [5.74, 6) is -2.84. The van der Waals surface area contributed by atoms with Gasteiger partial charge in [-0.3, -0.25) is 14.9 Å². The van der Waals surface area contributed by atoms with Crippen LogP contribution in [-0.2, 0) is 19.4 Å². The molecule has 0 saturated carbocycles. The molecule has 0 aliphatic carbocycles. The summed E-state index contributed by atoms with van der Waals surface area (Å²) >= 11 is 0. The summed E-state index contributed by atoms with van der Waals surface area (Å²) in [5, 5.41) is 10.9. The number of nitro groups is 1. The van der Waals surface area contributed by atoms with Crippen molar-refractivity contribution in [1.29, 1.82) is 0 Å². The van der Waals surface area contributed by atoms with Gasteiger partial charge in [-0.1, -0.05) is 0 Å². The van der Waals surface area contributed by atoms with E-state index in [1.165, 1.54) is 44.3 Å². The fourth-order valence-electron chi connectivity index (χ4n) is 2.46. The van der Waals surface area contributed by atoms with Crippen LogP contribution in [-0.4, -0.2) is 80.8 Å². The van der Waals surface area contributed by atoms with Crippen molar-refractivity contribution in [2.45, 2.75) is 12.1 Å². The maximum Gasteiger partial charge on any atom is 0.392 e. The minimum atomic E-state index is -4.08. The number of carbonyl (C=O) groups is 2. The van der Waals surface area contributed by atoms with Crippen molar-refractivity contribution < 1.29 is 41.9 Å². The molecular weight excluding hydrogens is 476 g/mol. The van der Waals surface area contributed by atoms with Crippen molar-refractivity contribution in [3.05, 3.63) is 33.9 Å². The summed E-state index contributed by atoms with van der Waals surface area (Å²) in [7, 11) is 0.283. The lowest BCUT2D eigenvalue weighted by Gasteiger charge is -2.14. The van der Waals surface area contributed by atoms with Gasteiger partial charge in [-0.15, -0.1) is 0 Å². The second-order valence-corrected chi connectivity index (χ2v) is 8.70. The fraction of sp³-hybridized carbons (Fsp3) is 0.368. The molecule has 34 heavy (non-hydrogen) atoms. The molecule has 0 saturated heterocycles. The van der Waals surface area contributed by atoms with Crippen molar-refractivity contribution >= 4 is 27.4 Å². The number of sulfone groups is 1. The molecule has 1 aromatic heterocycles. The van der Waals surface area contributed by atoms with Gasteiger partial charge in [0.1, 0.15) is 11.5 Å². The molecule has 14 nitrogen and oxygen atoms in total. The van der Waals surface area contributed by atoms with Crippen LogP contribution in [0.15, 0.2) is 23.4 Å². The van der Waals surface area contributed by atoms with E-state index in [1.807, 2.05) is 0 Å². The number of nitrogens with zero attached hydrogens (tertiary/aromatic N) is 4. The van der Waals surface area contributed by atoms with E-state index in [0.29, 0.717) is 0 Å². The van der Waals surface area contributed by atoms with Crippen LogP contribution in [0, 0.1) is 10.1 Å². The molecule has 0 radical (unpaired) electrons. The SMILES string of the molecule is CCOC(=O)COc1nc(S(C)(=O)=O)nc(Oc2cc(OC)cc(C(=O)N(C)C)c2)c1[N+](=O)[O-]. The number of hydrogen-bond acceptors (Lipinski definition) is 12. The van der Waals surface area contributed by atoms with E-state index < -0.39 is 55.8 Å². The summed E-state index contributed by atoms with van der Waals surface area (Å²) in [6, 6.07) is 3.98. The van der Waals surface area contributed by atoms with Crippen LogP contribution >= 0.6 is 0 Å². The van der Waals surface area contributed by atoms with Gasteiger partial charge in [-0.05, 0) is 19.1 Å². The molecule has 2 rings (SSSR count). The Balaban J connectivity index is 2.64. The number of amides is 1. The molecule has 15 heteroatoms. The summed E-state index contributed by atoms with van der Waals surface area (Å²) in [5.41, 5.74) is -0.821. The number of aromatic nitrogens is 2. The first-order valence-electron chi connectivity index (χ1n) is 9.50. The maximum atomic E-state index is 12.4. The molecule has 1 aromatic carbocycles. The van der Waals surface area contributed by atoms with E-state index >= 15 is 0 Å². The number of hydrogen-bond donors (Lipinski definition) is 0. The first-order chi connectivity index (χ1) is 15.9. The largest absolute Gasteiger partial charge is 0.497 e. The molecule has 0 atom stereocenters. The summed E-state index contributed by atoms with van der Waals surface area (Å²) in [6.45, 7) is 0.790. The third-order valence-electron chi connectivity index (χ3n) is 3.93. The first kappa shape index (κ1) is 26.2. The lowest BCUT2D eigenvalue weighted by molar-refractivity contribution is -0.387. The van der Waals surface area contributed by atoms with E-state index in [2.05, 4.69) is 9.97 Å². The first-order valence-corrected chi connectivity index (χ1v) is 11.4. The quantitative estimate of drug-likeness (QED) is 0.198. The molecule has 0 bridgehead atoms. The summed E-state index contributed by atoms with van der Waals surface area (Å²) in [6.07, 6.45) is 0.770. The number of ether oxygens (including phenoxy) is 4. The number of rotatable bonds is 10. The van der Waals surface area contributed by atoms with Crippen LogP contribution in [0.5, 0.6) is 23.3 Å². The van der Waals surface area contributed by atoms with Gasteiger partial charge in [-0.25, -0.2) is 13.2 Å². The lowest BCUT2D eigenvalue weighted by Crippen LogP contribution is -2.21. The van der Waals surface area contributed by atoms with E-state index in [0.717, 1.165) is 6.26 Å². The normalized spacial score (nSPS) is 10.9. The fourth-order valence-corrected chi connectivity index (χ4v) is 2.96. The Hall–Kier alpha value is -4.01. The lowest BCUT2D eigenvalue weighted by atomic mass is 10.2. The molecular formula is C19H22N4O10S. The molecule has 0 aliphatic rings. The molecule has 184 valence electrons. The monoisotopic (exact) mass is 498 g/mol. The third-order valence-corrected chi connectivity index (χ3v) is 4.78. The Morgan fingerprint density at radius 3 is 2.26 bits per heavy atom. The molecule has 0 aliphatic heterocycles. The number of benzene rings is 1. The Labute approximate surface area is 194 Å². The Kier molecular flexibility index (Phi) is 8.29. The molecule has 1 heterocycles. The molecule has 0 N–H and O–H groups in total. The summed E-state index contributed by atoms with van der Waals surface area (Å²) in [4.78, 5) is 43.3. The average Bonchev–Trinajstić information content (AvgIpc) is 2.75. The second-order valence-electron chi connectivity index (χ2n) is 6.79. The highest BCUT2D eigenvalue weighted by atomic mass is 32.2. The van der Waals surface area contributed by atoms with Crippen molar-refractivity contribution in [2.75, 3.05) is 40.7 Å². The van der Waals surface area contributed by atoms with Crippen molar-refractivity contribution in [3.63, 3.8) is 0 Å². The van der Waals surface area contributed by atoms with Crippen LogP contribution in [0.2, 0.25) is 0 Å². The zero-order valence-corrected chi connectivity index (χ0v) is 19.7. The number of methoxy groups -OCH3 is 1. The summed E-state index contributed by atoms with van der Waals surface area (Å²) < 4.78 is 44.5. The van der Waals surface area contributed by atoms with Crippen molar-refractivity contribution in [1.82, 2.24) is 14.9 Å². The molecule has 0 spiro atoms. The third kappa shape index (κ3) is 6.50.